The van der Waals surface area contributed by atoms with Crippen molar-refractivity contribution in [2.75, 3.05) is 7.05 Å². The SMILES string of the molecule is CCCC(NC)C12CC3CC(CC(C3)C1)C2. The van der Waals surface area contributed by atoms with Gasteiger partial charge in [-0.3, -0.25) is 0 Å². The van der Waals surface area contributed by atoms with Gasteiger partial charge < -0.3 is 5.32 Å². The largest absolute Gasteiger partial charge is 0.316 e. The fraction of sp³-hybridized carbons (Fsp3) is 1.00. The van der Waals surface area contributed by atoms with Crippen molar-refractivity contribution in [3.05, 3.63) is 0 Å². The second-order valence-corrected chi connectivity index (χ2v) is 6.91. The molecule has 0 spiro atoms. The monoisotopic (exact) mass is 221 g/mol. The maximum absolute atomic E-state index is 3.66. The summed E-state index contributed by atoms with van der Waals surface area (Å²) in [6.07, 6.45) is 12.1. The highest BCUT2D eigenvalue weighted by Gasteiger charge is 2.53. The van der Waals surface area contributed by atoms with Crippen LogP contribution in [0.1, 0.15) is 58.3 Å². The Labute approximate surface area is 100 Å². The van der Waals surface area contributed by atoms with Gasteiger partial charge in [-0.05, 0) is 75.2 Å². The first-order chi connectivity index (χ1) is 7.75. The van der Waals surface area contributed by atoms with Crippen molar-refractivity contribution >= 4 is 0 Å². The molecule has 4 fully saturated rings. The molecule has 0 radical (unpaired) electrons. The minimum Gasteiger partial charge on any atom is -0.316 e. The molecule has 0 aliphatic heterocycles. The van der Waals surface area contributed by atoms with Gasteiger partial charge in [-0.15, -0.1) is 0 Å². The summed E-state index contributed by atoms with van der Waals surface area (Å²) in [7, 11) is 2.19. The smallest absolute Gasteiger partial charge is 0.0121 e. The molecule has 4 aliphatic rings. The van der Waals surface area contributed by atoms with E-state index in [9.17, 15) is 0 Å². The summed E-state index contributed by atoms with van der Waals surface area (Å²) in [6.45, 7) is 2.34. The van der Waals surface area contributed by atoms with Crippen molar-refractivity contribution in [3.8, 4) is 0 Å². The lowest BCUT2D eigenvalue weighted by Gasteiger charge is -2.59. The molecule has 16 heavy (non-hydrogen) atoms. The minimum atomic E-state index is 0.708. The van der Waals surface area contributed by atoms with E-state index in [4.69, 9.17) is 0 Å². The van der Waals surface area contributed by atoms with Crippen LogP contribution in [-0.2, 0) is 0 Å². The van der Waals surface area contributed by atoms with E-state index in [1.54, 1.807) is 38.5 Å². The van der Waals surface area contributed by atoms with Crippen molar-refractivity contribution in [3.63, 3.8) is 0 Å². The maximum Gasteiger partial charge on any atom is 0.0121 e. The average Bonchev–Trinajstić information content (AvgIpc) is 2.23. The fourth-order valence-electron chi connectivity index (χ4n) is 5.65. The topological polar surface area (TPSA) is 12.0 Å². The van der Waals surface area contributed by atoms with E-state index < -0.39 is 0 Å². The molecule has 1 N–H and O–H groups in total. The number of rotatable bonds is 4. The fourth-order valence-corrected chi connectivity index (χ4v) is 5.65. The van der Waals surface area contributed by atoms with Crippen molar-refractivity contribution in [2.45, 2.75) is 64.3 Å². The van der Waals surface area contributed by atoms with Crippen LogP contribution in [0.4, 0.5) is 0 Å². The molecule has 0 aromatic rings. The summed E-state index contributed by atoms with van der Waals surface area (Å²) >= 11 is 0. The molecule has 92 valence electrons. The van der Waals surface area contributed by atoms with Crippen LogP contribution in [0.25, 0.3) is 0 Å². The molecule has 0 saturated heterocycles. The predicted octanol–water partition coefficient (Wildman–Crippen LogP) is 3.59. The summed E-state index contributed by atoms with van der Waals surface area (Å²) in [5, 5.41) is 3.66. The van der Waals surface area contributed by atoms with Gasteiger partial charge in [0.25, 0.3) is 0 Å². The van der Waals surface area contributed by atoms with Gasteiger partial charge in [0.1, 0.15) is 0 Å². The third-order valence-electron chi connectivity index (χ3n) is 5.75. The zero-order chi connectivity index (χ0) is 11.2. The maximum atomic E-state index is 3.66. The summed E-state index contributed by atoms with van der Waals surface area (Å²) in [5.41, 5.74) is 0.708. The molecule has 1 nitrogen and oxygen atoms in total. The van der Waals surface area contributed by atoms with Crippen molar-refractivity contribution < 1.29 is 0 Å². The van der Waals surface area contributed by atoms with E-state index in [1.165, 1.54) is 12.8 Å². The average molecular weight is 221 g/mol. The van der Waals surface area contributed by atoms with Crippen molar-refractivity contribution in [1.29, 1.82) is 0 Å². The Bertz CT molecular complexity index is 223. The summed E-state index contributed by atoms with van der Waals surface area (Å²) < 4.78 is 0. The van der Waals surface area contributed by atoms with Gasteiger partial charge in [0, 0.05) is 6.04 Å². The van der Waals surface area contributed by atoms with Crippen molar-refractivity contribution in [1.82, 2.24) is 5.32 Å². The quantitative estimate of drug-likeness (QED) is 0.765. The van der Waals surface area contributed by atoms with Gasteiger partial charge in [0.15, 0.2) is 0 Å². The Balaban J connectivity index is 1.81. The molecule has 0 aromatic carbocycles. The van der Waals surface area contributed by atoms with Gasteiger partial charge in [-0.2, -0.15) is 0 Å². The first-order valence-corrected chi connectivity index (χ1v) is 7.43. The minimum absolute atomic E-state index is 0.708. The molecule has 0 amide bonds. The Kier molecular flexibility index (Phi) is 2.78. The van der Waals surface area contributed by atoms with Crippen LogP contribution in [0.5, 0.6) is 0 Å². The Morgan fingerprint density at radius 3 is 1.94 bits per heavy atom. The predicted molar refractivity (Wildman–Crippen MR) is 68.4 cm³/mol. The first kappa shape index (κ1) is 11.1. The highest BCUT2D eigenvalue weighted by molar-refractivity contribution is 5.05. The number of hydrogen-bond acceptors (Lipinski definition) is 1. The third-order valence-corrected chi connectivity index (χ3v) is 5.75. The Hall–Kier alpha value is -0.0400. The zero-order valence-electron chi connectivity index (χ0n) is 11.0. The van der Waals surface area contributed by atoms with E-state index in [2.05, 4.69) is 19.3 Å². The molecule has 0 heterocycles. The van der Waals surface area contributed by atoms with Gasteiger partial charge in [-0.25, -0.2) is 0 Å². The summed E-state index contributed by atoms with van der Waals surface area (Å²) in [5.74, 6) is 3.29. The number of nitrogens with one attached hydrogen (secondary N) is 1. The van der Waals surface area contributed by atoms with Crippen molar-refractivity contribution in [2.24, 2.45) is 23.2 Å². The normalized spacial score (nSPS) is 47.2. The van der Waals surface area contributed by atoms with Gasteiger partial charge in [0.2, 0.25) is 0 Å². The van der Waals surface area contributed by atoms with E-state index in [-0.39, 0.29) is 0 Å². The lowest BCUT2D eigenvalue weighted by atomic mass is 9.47. The highest BCUT2D eigenvalue weighted by Crippen LogP contribution is 2.61. The standard InChI is InChI=1S/C15H27N/c1-3-4-14(16-2)15-8-11-5-12(9-15)7-13(6-11)10-15/h11-14,16H,3-10H2,1-2H3. The van der Waals surface area contributed by atoms with E-state index in [1.807, 2.05) is 0 Å². The lowest BCUT2D eigenvalue weighted by Crippen LogP contribution is -2.55. The molecule has 4 bridgehead atoms. The van der Waals surface area contributed by atoms with Crippen LogP contribution in [0, 0.1) is 23.2 Å². The van der Waals surface area contributed by atoms with Crippen LogP contribution < -0.4 is 5.32 Å². The van der Waals surface area contributed by atoms with Gasteiger partial charge >= 0.3 is 0 Å². The van der Waals surface area contributed by atoms with Crippen LogP contribution in [0.15, 0.2) is 0 Å². The van der Waals surface area contributed by atoms with Crippen LogP contribution in [-0.4, -0.2) is 13.1 Å². The molecule has 1 heteroatoms. The van der Waals surface area contributed by atoms with E-state index in [0.29, 0.717) is 5.41 Å². The Morgan fingerprint density at radius 2 is 1.56 bits per heavy atom. The number of hydrogen-bond donors (Lipinski definition) is 1. The van der Waals surface area contributed by atoms with Crippen LogP contribution >= 0.6 is 0 Å². The second-order valence-electron chi connectivity index (χ2n) is 6.91. The molecule has 4 rings (SSSR count). The molecule has 4 aliphatic carbocycles. The zero-order valence-corrected chi connectivity index (χ0v) is 11.0. The molecular formula is C15H27N. The van der Waals surface area contributed by atoms with E-state index >= 15 is 0 Å². The first-order valence-electron chi connectivity index (χ1n) is 7.43. The molecule has 1 atom stereocenters. The second kappa shape index (κ2) is 4.01. The van der Waals surface area contributed by atoms with Crippen LogP contribution in [0.3, 0.4) is 0 Å². The summed E-state index contributed by atoms with van der Waals surface area (Å²) in [6, 6.07) is 0.811. The highest BCUT2D eigenvalue weighted by atomic mass is 14.9. The lowest BCUT2D eigenvalue weighted by molar-refractivity contribution is -0.0740. The molecule has 4 saturated carbocycles. The molecule has 1 unspecified atom stereocenters. The van der Waals surface area contributed by atoms with E-state index in [0.717, 1.165) is 23.8 Å². The van der Waals surface area contributed by atoms with Gasteiger partial charge in [0.05, 0.1) is 0 Å². The molecular weight excluding hydrogens is 194 g/mol. The van der Waals surface area contributed by atoms with Crippen LogP contribution in [0.2, 0.25) is 0 Å². The van der Waals surface area contributed by atoms with Gasteiger partial charge in [-0.1, -0.05) is 13.3 Å². The summed E-state index contributed by atoms with van der Waals surface area (Å²) in [4.78, 5) is 0. The molecule has 0 aromatic heterocycles. The Morgan fingerprint density at radius 1 is 1.06 bits per heavy atom. The third kappa shape index (κ3) is 1.63.